The molecule has 0 saturated heterocycles. The van der Waals surface area contributed by atoms with Crippen molar-refractivity contribution >= 4 is 23.3 Å². The zero-order valence-electron chi connectivity index (χ0n) is 11.5. The molecule has 1 aromatic heterocycles. The zero-order chi connectivity index (χ0) is 14.7. The molecule has 6 nitrogen and oxygen atoms in total. The average molecular weight is 298 g/mol. The highest BCUT2D eigenvalue weighted by Gasteiger charge is 2.30. The fourth-order valence-electron chi connectivity index (χ4n) is 2.36. The van der Waals surface area contributed by atoms with E-state index >= 15 is 0 Å². The zero-order valence-corrected chi connectivity index (χ0v) is 12.3. The number of thiophene rings is 1. The highest BCUT2D eigenvalue weighted by molar-refractivity contribution is 7.10. The summed E-state index contributed by atoms with van der Waals surface area (Å²) in [6, 6.07) is 0.595. The number of amides is 2. The summed E-state index contributed by atoms with van der Waals surface area (Å²) in [5.74, 6) is -1.10. The molecule has 0 aliphatic carbocycles. The molecule has 7 heteroatoms. The van der Waals surface area contributed by atoms with Gasteiger partial charge in [0.15, 0.2) is 6.04 Å². The molecule has 0 saturated carbocycles. The number of carboxylic acids is 1. The fraction of sp³-hybridized carbons (Fsp3) is 0.538. The summed E-state index contributed by atoms with van der Waals surface area (Å²) < 4.78 is 4.81. The molecule has 2 heterocycles. The number of carbonyl (C=O) groups is 2. The molecular weight excluding hydrogens is 280 g/mol. The minimum absolute atomic E-state index is 0.0398. The number of rotatable bonds is 4. The van der Waals surface area contributed by atoms with E-state index in [1.54, 1.807) is 16.2 Å². The van der Waals surface area contributed by atoms with Crippen LogP contribution in [-0.4, -0.2) is 48.3 Å². The number of fused-ring (bicyclic) bond motifs is 1. The van der Waals surface area contributed by atoms with Crippen LogP contribution in [0.1, 0.15) is 23.4 Å². The smallest absolute Gasteiger partial charge is 0.328 e. The molecule has 0 spiro atoms. The molecule has 1 aliphatic rings. The number of nitrogens with one attached hydrogen (secondary N) is 1. The Morgan fingerprint density at radius 3 is 3.05 bits per heavy atom. The molecule has 2 N–H and O–H groups in total. The Morgan fingerprint density at radius 2 is 2.40 bits per heavy atom. The van der Waals surface area contributed by atoms with Gasteiger partial charge in [0.2, 0.25) is 0 Å². The summed E-state index contributed by atoms with van der Waals surface area (Å²) in [5, 5.41) is 13.6. The third-order valence-corrected chi connectivity index (χ3v) is 4.46. The Kier molecular flexibility index (Phi) is 4.61. The van der Waals surface area contributed by atoms with Gasteiger partial charge in [-0.05, 0) is 30.4 Å². The second-order valence-corrected chi connectivity index (χ2v) is 5.71. The maximum atomic E-state index is 12.2. The predicted octanol–water partition coefficient (Wildman–Crippen LogP) is 1.48. The molecule has 0 fully saturated rings. The molecule has 110 valence electrons. The first-order chi connectivity index (χ1) is 9.54. The van der Waals surface area contributed by atoms with Crippen LogP contribution in [0.25, 0.3) is 0 Å². The molecule has 0 aromatic carbocycles. The van der Waals surface area contributed by atoms with E-state index in [1.165, 1.54) is 12.0 Å². The van der Waals surface area contributed by atoms with Gasteiger partial charge in [0.25, 0.3) is 0 Å². The van der Waals surface area contributed by atoms with E-state index in [9.17, 15) is 9.59 Å². The van der Waals surface area contributed by atoms with Gasteiger partial charge in [-0.15, -0.1) is 11.3 Å². The normalized spacial score (nSPS) is 19.3. The number of urea groups is 1. The van der Waals surface area contributed by atoms with Gasteiger partial charge in [-0.25, -0.2) is 9.59 Å². The number of aliphatic carboxylic acids is 1. The van der Waals surface area contributed by atoms with Crippen LogP contribution in [0.3, 0.4) is 0 Å². The number of carbonyl (C=O) groups excluding carboxylic acids is 1. The average Bonchev–Trinajstić information content (AvgIpc) is 2.87. The lowest BCUT2D eigenvalue weighted by Crippen LogP contribution is -2.51. The van der Waals surface area contributed by atoms with Gasteiger partial charge in [-0.2, -0.15) is 0 Å². The fourth-order valence-corrected chi connectivity index (χ4v) is 3.32. The minimum atomic E-state index is -1.10. The molecule has 1 aromatic rings. The number of nitrogens with zero attached hydrogens (tertiary/aromatic N) is 1. The Labute approximate surface area is 121 Å². The first kappa shape index (κ1) is 14.8. The van der Waals surface area contributed by atoms with E-state index in [0.717, 1.165) is 12.0 Å². The Morgan fingerprint density at radius 1 is 1.65 bits per heavy atom. The van der Waals surface area contributed by atoms with Crippen molar-refractivity contribution in [3.8, 4) is 0 Å². The van der Waals surface area contributed by atoms with Gasteiger partial charge < -0.3 is 20.1 Å². The Balaban J connectivity index is 2.05. The highest BCUT2D eigenvalue weighted by Crippen LogP contribution is 2.32. The van der Waals surface area contributed by atoms with Crippen molar-refractivity contribution in [3.05, 3.63) is 21.9 Å². The highest BCUT2D eigenvalue weighted by atomic mass is 32.1. The van der Waals surface area contributed by atoms with Gasteiger partial charge >= 0.3 is 12.0 Å². The third kappa shape index (κ3) is 2.94. The van der Waals surface area contributed by atoms with E-state index in [-0.39, 0.29) is 18.7 Å². The van der Waals surface area contributed by atoms with Crippen LogP contribution < -0.4 is 5.32 Å². The van der Waals surface area contributed by atoms with Crippen molar-refractivity contribution in [1.29, 1.82) is 0 Å². The van der Waals surface area contributed by atoms with E-state index in [1.807, 2.05) is 18.4 Å². The van der Waals surface area contributed by atoms with Crippen LogP contribution in [0.15, 0.2) is 11.4 Å². The van der Waals surface area contributed by atoms with Gasteiger partial charge in [0.05, 0.1) is 12.6 Å². The number of carboxylic acid groups (broad SMARTS) is 1. The standard InChI is InChI=1S/C13H18N2O4S/c1-8-9-4-6-20-11(9)3-5-15(8)13(18)14-10(7-19-2)12(16)17/h4,6,8,10H,3,5,7H2,1-2H3,(H,14,18)(H,16,17). The summed E-state index contributed by atoms with van der Waals surface area (Å²) in [6.07, 6.45) is 0.812. The molecule has 20 heavy (non-hydrogen) atoms. The summed E-state index contributed by atoms with van der Waals surface area (Å²) >= 11 is 1.70. The van der Waals surface area contributed by atoms with E-state index in [0.29, 0.717) is 6.54 Å². The number of ether oxygens (including phenoxy) is 1. The van der Waals surface area contributed by atoms with Gasteiger partial charge in [-0.1, -0.05) is 0 Å². The molecule has 2 unspecified atom stereocenters. The van der Waals surface area contributed by atoms with E-state index in [2.05, 4.69) is 5.32 Å². The molecule has 2 atom stereocenters. The minimum Gasteiger partial charge on any atom is -0.480 e. The van der Waals surface area contributed by atoms with Crippen LogP contribution in [-0.2, 0) is 16.0 Å². The Bertz CT molecular complexity index is 502. The van der Waals surface area contributed by atoms with E-state index in [4.69, 9.17) is 9.84 Å². The topological polar surface area (TPSA) is 78.9 Å². The number of methoxy groups -OCH3 is 1. The second-order valence-electron chi connectivity index (χ2n) is 4.71. The van der Waals surface area contributed by atoms with Gasteiger partial charge in [0, 0.05) is 18.5 Å². The van der Waals surface area contributed by atoms with Crippen LogP contribution in [0.2, 0.25) is 0 Å². The van der Waals surface area contributed by atoms with Gasteiger partial charge in [0.1, 0.15) is 0 Å². The molecule has 2 amide bonds. The summed E-state index contributed by atoms with van der Waals surface area (Å²) in [4.78, 5) is 26.2. The van der Waals surface area contributed by atoms with Crippen molar-refractivity contribution in [2.24, 2.45) is 0 Å². The molecule has 2 rings (SSSR count). The quantitative estimate of drug-likeness (QED) is 0.882. The van der Waals surface area contributed by atoms with Crippen molar-refractivity contribution in [1.82, 2.24) is 10.2 Å². The second kappa shape index (κ2) is 6.23. The maximum Gasteiger partial charge on any atom is 0.328 e. The van der Waals surface area contributed by atoms with Crippen LogP contribution >= 0.6 is 11.3 Å². The van der Waals surface area contributed by atoms with Crippen LogP contribution in [0, 0.1) is 0 Å². The summed E-state index contributed by atoms with van der Waals surface area (Å²) in [6.45, 7) is 2.50. The lowest BCUT2D eigenvalue weighted by molar-refractivity contribution is -0.140. The molecule has 1 aliphatic heterocycles. The maximum absolute atomic E-state index is 12.2. The summed E-state index contributed by atoms with van der Waals surface area (Å²) in [7, 11) is 1.41. The van der Waals surface area contributed by atoms with Crippen molar-refractivity contribution < 1.29 is 19.4 Å². The van der Waals surface area contributed by atoms with Crippen molar-refractivity contribution in [2.45, 2.75) is 25.4 Å². The van der Waals surface area contributed by atoms with Crippen LogP contribution in [0.5, 0.6) is 0 Å². The lowest BCUT2D eigenvalue weighted by atomic mass is 10.0. The third-order valence-electron chi connectivity index (χ3n) is 3.47. The first-order valence-electron chi connectivity index (χ1n) is 6.39. The van der Waals surface area contributed by atoms with Gasteiger partial charge in [-0.3, -0.25) is 0 Å². The number of hydrogen-bond acceptors (Lipinski definition) is 4. The van der Waals surface area contributed by atoms with Crippen molar-refractivity contribution in [3.63, 3.8) is 0 Å². The molecular formula is C13H18N2O4S. The predicted molar refractivity (Wildman–Crippen MR) is 75.0 cm³/mol. The monoisotopic (exact) mass is 298 g/mol. The number of hydrogen-bond donors (Lipinski definition) is 2. The van der Waals surface area contributed by atoms with E-state index < -0.39 is 12.0 Å². The van der Waals surface area contributed by atoms with Crippen LogP contribution in [0.4, 0.5) is 4.79 Å². The van der Waals surface area contributed by atoms with Crippen molar-refractivity contribution in [2.75, 3.05) is 20.3 Å². The SMILES string of the molecule is COCC(NC(=O)N1CCc2sccc2C1C)C(=O)O. The lowest BCUT2D eigenvalue weighted by Gasteiger charge is -2.34. The first-order valence-corrected chi connectivity index (χ1v) is 7.27. The largest absolute Gasteiger partial charge is 0.480 e. The Hall–Kier alpha value is -1.60. The molecule has 0 bridgehead atoms. The summed E-state index contributed by atoms with van der Waals surface area (Å²) in [5.41, 5.74) is 1.15. The molecule has 0 radical (unpaired) electrons.